The minimum Gasteiger partial charge on any atom is -0.480 e. The lowest BCUT2D eigenvalue weighted by molar-refractivity contribution is -0.147. The molecular formula is C15H25N3O5. The van der Waals surface area contributed by atoms with Gasteiger partial charge in [-0.15, -0.1) is 0 Å². The van der Waals surface area contributed by atoms with Crippen LogP contribution in [0.1, 0.15) is 47.0 Å². The Hall–Kier alpha value is -2.05. The van der Waals surface area contributed by atoms with Gasteiger partial charge in [0.25, 0.3) is 0 Å². The second kappa shape index (κ2) is 10.6. The average molecular weight is 327 g/mol. The van der Waals surface area contributed by atoms with Gasteiger partial charge in [-0.3, -0.25) is 9.59 Å². The first-order valence-corrected chi connectivity index (χ1v) is 7.61. The Balaban J connectivity index is 4.88. The summed E-state index contributed by atoms with van der Waals surface area (Å²) in [5, 5.41) is 11.6. The Labute approximate surface area is 135 Å². The standard InChI is InChI=1S/C15H25N3O5/c1-5-10(4)13(23-9(2)3)14(20)18-12(15(21)22)7-6-11(19)8-17-16/h8-10,12-13H,5-7H2,1-4H3,(H,18,20)(H,21,22)/t10-,12?,13+/m1/s1. The van der Waals surface area contributed by atoms with E-state index in [4.69, 9.17) is 10.3 Å². The fourth-order valence-corrected chi connectivity index (χ4v) is 1.89. The highest BCUT2D eigenvalue weighted by atomic mass is 16.5. The van der Waals surface area contributed by atoms with Crippen LogP contribution in [0.4, 0.5) is 0 Å². The molecule has 0 bridgehead atoms. The molecule has 0 saturated heterocycles. The fourth-order valence-electron chi connectivity index (χ4n) is 1.89. The maximum Gasteiger partial charge on any atom is 0.326 e. The van der Waals surface area contributed by atoms with Crippen molar-refractivity contribution in [2.24, 2.45) is 5.92 Å². The molecule has 0 rings (SSSR count). The molecule has 0 heterocycles. The van der Waals surface area contributed by atoms with E-state index in [9.17, 15) is 19.5 Å². The van der Waals surface area contributed by atoms with E-state index in [0.29, 0.717) is 12.6 Å². The summed E-state index contributed by atoms with van der Waals surface area (Å²) >= 11 is 0. The van der Waals surface area contributed by atoms with E-state index >= 15 is 0 Å². The van der Waals surface area contributed by atoms with Crippen LogP contribution >= 0.6 is 0 Å². The van der Waals surface area contributed by atoms with Crippen molar-refractivity contribution < 1.29 is 29.0 Å². The lowest BCUT2D eigenvalue weighted by Crippen LogP contribution is -2.49. The number of carboxylic acid groups (broad SMARTS) is 1. The lowest BCUT2D eigenvalue weighted by Gasteiger charge is -2.26. The van der Waals surface area contributed by atoms with Crippen LogP contribution in [0.15, 0.2) is 0 Å². The van der Waals surface area contributed by atoms with Gasteiger partial charge in [0.05, 0.1) is 6.10 Å². The highest BCUT2D eigenvalue weighted by Crippen LogP contribution is 2.14. The Morgan fingerprint density at radius 1 is 1.30 bits per heavy atom. The molecule has 8 nitrogen and oxygen atoms in total. The number of ketones is 1. The van der Waals surface area contributed by atoms with Gasteiger partial charge in [-0.2, -0.15) is 4.79 Å². The second-order valence-electron chi connectivity index (χ2n) is 5.64. The zero-order valence-corrected chi connectivity index (χ0v) is 14.0. The second-order valence-corrected chi connectivity index (χ2v) is 5.64. The Bertz CT molecular complexity index is 472. The number of amides is 1. The summed E-state index contributed by atoms with van der Waals surface area (Å²) in [4.78, 5) is 37.4. The summed E-state index contributed by atoms with van der Waals surface area (Å²) in [6.45, 7) is 7.36. The summed E-state index contributed by atoms with van der Waals surface area (Å²) < 4.78 is 5.58. The number of carbonyl (C=O) groups excluding carboxylic acids is 2. The third-order valence-corrected chi connectivity index (χ3v) is 3.33. The molecule has 0 spiro atoms. The molecule has 0 saturated carbocycles. The van der Waals surface area contributed by atoms with E-state index in [2.05, 4.69) is 10.1 Å². The molecule has 0 aliphatic carbocycles. The number of Topliss-reactive ketones (excluding diaryl/α,β-unsaturated/α-hetero) is 1. The summed E-state index contributed by atoms with van der Waals surface area (Å²) in [6.07, 6.45) is 0.224. The van der Waals surface area contributed by atoms with E-state index in [-0.39, 0.29) is 24.9 Å². The lowest BCUT2D eigenvalue weighted by atomic mass is 10.00. The number of carbonyl (C=O) groups is 3. The van der Waals surface area contributed by atoms with E-state index in [1.54, 1.807) is 13.8 Å². The number of ether oxygens (including phenoxy) is 1. The number of nitrogens with zero attached hydrogens (tertiary/aromatic N) is 2. The summed E-state index contributed by atoms with van der Waals surface area (Å²) in [7, 11) is 0. The minimum atomic E-state index is -1.24. The molecule has 0 aromatic heterocycles. The van der Waals surface area contributed by atoms with Gasteiger partial charge in [-0.05, 0) is 26.2 Å². The van der Waals surface area contributed by atoms with Crippen molar-refractivity contribution in [1.29, 1.82) is 0 Å². The van der Waals surface area contributed by atoms with Crippen molar-refractivity contribution in [1.82, 2.24) is 5.32 Å². The normalized spacial score (nSPS) is 14.5. The van der Waals surface area contributed by atoms with Crippen LogP contribution in [0, 0.1) is 5.92 Å². The van der Waals surface area contributed by atoms with Gasteiger partial charge in [0, 0.05) is 6.42 Å². The first-order valence-electron chi connectivity index (χ1n) is 7.61. The average Bonchev–Trinajstić information content (AvgIpc) is 2.47. The van der Waals surface area contributed by atoms with Crippen LogP contribution in [0.5, 0.6) is 0 Å². The number of rotatable bonds is 11. The van der Waals surface area contributed by atoms with E-state index in [1.807, 2.05) is 13.8 Å². The highest BCUT2D eigenvalue weighted by Gasteiger charge is 2.30. The Kier molecular flexibility index (Phi) is 9.69. The monoisotopic (exact) mass is 327 g/mol. The van der Waals surface area contributed by atoms with Gasteiger partial charge in [0.2, 0.25) is 11.7 Å². The molecule has 23 heavy (non-hydrogen) atoms. The molecular weight excluding hydrogens is 302 g/mol. The Morgan fingerprint density at radius 3 is 2.35 bits per heavy atom. The number of hydrogen-bond acceptors (Lipinski definition) is 4. The van der Waals surface area contributed by atoms with Crippen molar-refractivity contribution in [2.75, 3.05) is 0 Å². The molecule has 3 atom stereocenters. The number of carboxylic acids is 1. The number of aliphatic carboxylic acids is 1. The van der Waals surface area contributed by atoms with Crippen LogP contribution in [0.2, 0.25) is 0 Å². The largest absolute Gasteiger partial charge is 0.480 e. The van der Waals surface area contributed by atoms with Crippen LogP contribution in [0.25, 0.3) is 5.53 Å². The molecule has 0 aliphatic heterocycles. The molecule has 130 valence electrons. The van der Waals surface area contributed by atoms with Crippen LogP contribution in [0.3, 0.4) is 0 Å². The molecule has 0 aliphatic rings. The van der Waals surface area contributed by atoms with Gasteiger partial charge >= 0.3 is 12.2 Å². The molecule has 2 N–H and O–H groups in total. The van der Waals surface area contributed by atoms with E-state index in [0.717, 1.165) is 0 Å². The van der Waals surface area contributed by atoms with Crippen LogP contribution in [-0.2, 0) is 19.1 Å². The van der Waals surface area contributed by atoms with Gasteiger partial charge in [-0.25, -0.2) is 4.79 Å². The van der Waals surface area contributed by atoms with Crippen molar-refractivity contribution in [3.63, 3.8) is 0 Å². The molecule has 0 fully saturated rings. The zero-order chi connectivity index (χ0) is 18.0. The maximum atomic E-state index is 12.3. The highest BCUT2D eigenvalue weighted by molar-refractivity contribution is 6.25. The molecule has 8 heteroatoms. The van der Waals surface area contributed by atoms with Crippen LogP contribution < -0.4 is 5.32 Å². The first-order chi connectivity index (χ1) is 10.7. The summed E-state index contributed by atoms with van der Waals surface area (Å²) in [5.41, 5.74) is 8.25. The van der Waals surface area contributed by atoms with E-state index < -0.39 is 29.8 Å². The number of nitrogens with one attached hydrogen (secondary N) is 1. The summed E-state index contributed by atoms with van der Waals surface area (Å²) in [6, 6.07) is -1.21. The van der Waals surface area contributed by atoms with E-state index in [1.165, 1.54) is 0 Å². The van der Waals surface area contributed by atoms with Gasteiger partial charge in [0.1, 0.15) is 12.1 Å². The zero-order valence-electron chi connectivity index (χ0n) is 14.0. The SMILES string of the molecule is CC[C@@H](C)[C@H](OC(C)C)C(=O)NC(CCC(=O)C=[N+]=[N-])C(=O)O. The molecule has 1 unspecified atom stereocenters. The van der Waals surface area contributed by atoms with Crippen molar-refractivity contribution in [3.8, 4) is 0 Å². The van der Waals surface area contributed by atoms with Gasteiger partial charge in [0.15, 0.2) is 0 Å². The van der Waals surface area contributed by atoms with Crippen LogP contribution in [-0.4, -0.2) is 52.0 Å². The van der Waals surface area contributed by atoms with Gasteiger partial charge in [-0.1, -0.05) is 20.3 Å². The van der Waals surface area contributed by atoms with Crippen molar-refractivity contribution in [3.05, 3.63) is 5.53 Å². The molecule has 0 aromatic carbocycles. The molecule has 0 radical (unpaired) electrons. The third kappa shape index (κ3) is 8.23. The minimum absolute atomic E-state index is 0.0741. The maximum absolute atomic E-state index is 12.3. The predicted molar refractivity (Wildman–Crippen MR) is 83.0 cm³/mol. The Morgan fingerprint density at radius 2 is 1.91 bits per heavy atom. The van der Waals surface area contributed by atoms with Gasteiger partial charge < -0.3 is 20.7 Å². The smallest absolute Gasteiger partial charge is 0.326 e. The predicted octanol–water partition coefficient (Wildman–Crippen LogP) is 1.05. The fraction of sp³-hybridized carbons (Fsp3) is 0.733. The van der Waals surface area contributed by atoms with Crippen molar-refractivity contribution in [2.45, 2.75) is 65.2 Å². The number of hydrogen-bond donors (Lipinski definition) is 2. The first kappa shape index (κ1) is 20.9. The third-order valence-electron chi connectivity index (χ3n) is 3.33. The topological polar surface area (TPSA) is 129 Å². The summed E-state index contributed by atoms with van der Waals surface area (Å²) in [5.74, 6) is -2.34. The molecule has 1 amide bonds. The van der Waals surface area contributed by atoms with Crippen molar-refractivity contribution >= 4 is 23.9 Å². The molecule has 0 aromatic rings. The quantitative estimate of drug-likeness (QED) is 0.333.